The summed E-state index contributed by atoms with van der Waals surface area (Å²) in [6.07, 6.45) is 2.42. The van der Waals surface area contributed by atoms with Gasteiger partial charge in [0.2, 0.25) is 0 Å². The van der Waals surface area contributed by atoms with Crippen LogP contribution in [0.1, 0.15) is 25.3 Å². The minimum absolute atomic E-state index is 1.14. The predicted molar refractivity (Wildman–Crippen MR) is 61.1 cm³/mol. The molecular weight excluding hydrogens is 170 g/mol. The summed E-state index contributed by atoms with van der Waals surface area (Å²) in [6.45, 7) is 4.52. The Balaban J connectivity index is 2.25. The molecule has 0 bridgehead atoms. The van der Waals surface area contributed by atoms with Gasteiger partial charge in [0.1, 0.15) is 0 Å². The molecule has 1 heterocycles. The lowest BCUT2D eigenvalue weighted by Gasteiger charge is -2.18. The summed E-state index contributed by atoms with van der Waals surface area (Å²) in [4.78, 5) is 0. The Labute approximate surface area is 85.8 Å². The lowest BCUT2D eigenvalue weighted by molar-refractivity contribution is 0.611. The van der Waals surface area contributed by atoms with Crippen molar-refractivity contribution in [2.75, 3.05) is 13.1 Å². The predicted octanol–water partition coefficient (Wildman–Crippen LogP) is 2.84. The van der Waals surface area contributed by atoms with Crippen LogP contribution in [0.25, 0.3) is 5.57 Å². The maximum atomic E-state index is 3.39. The number of allylic oxidation sites excluding steroid dienone is 1. The summed E-state index contributed by atoms with van der Waals surface area (Å²) in [5, 5.41) is 3.39. The molecule has 1 aliphatic heterocycles. The molecule has 1 saturated heterocycles. The molecule has 1 aromatic carbocycles. The summed E-state index contributed by atoms with van der Waals surface area (Å²) in [5.74, 6) is 0. The Morgan fingerprint density at radius 1 is 1.07 bits per heavy atom. The highest BCUT2D eigenvalue weighted by atomic mass is 14.9. The van der Waals surface area contributed by atoms with Crippen LogP contribution in [0.2, 0.25) is 0 Å². The van der Waals surface area contributed by atoms with Gasteiger partial charge in [-0.05, 0) is 44.0 Å². The van der Waals surface area contributed by atoms with Gasteiger partial charge in [-0.1, -0.05) is 35.9 Å². The van der Waals surface area contributed by atoms with Crippen molar-refractivity contribution in [3.8, 4) is 0 Å². The Bertz CT molecular complexity index is 316. The molecule has 0 unspecified atom stereocenters. The van der Waals surface area contributed by atoms with Crippen LogP contribution in [0.5, 0.6) is 0 Å². The lowest BCUT2D eigenvalue weighted by atomic mass is 9.95. The molecule has 2 rings (SSSR count). The van der Waals surface area contributed by atoms with E-state index in [1.54, 1.807) is 5.57 Å². The van der Waals surface area contributed by atoms with E-state index >= 15 is 0 Å². The summed E-state index contributed by atoms with van der Waals surface area (Å²) in [7, 11) is 0. The number of nitrogens with one attached hydrogen (secondary N) is 1. The van der Waals surface area contributed by atoms with Crippen molar-refractivity contribution in [3.05, 3.63) is 41.5 Å². The quantitative estimate of drug-likeness (QED) is 0.713. The van der Waals surface area contributed by atoms with Crippen molar-refractivity contribution >= 4 is 5.57 Å². The minimum atomic E-state index is 1.14. The number of rotatable bonds is 1. The third-order valence-corrected chi connectivity index (χ3v) is 2.94. The summed E-state index contributed by atoms with van der Waals surface area (Å²) < 4.78 is 0. The molecule has 1 aromatic rings. The van der Waals surface area contributed by atoms with Crippen molar-refractivity contribution in [3.63, 3.8) is 0 Å². The van der Waals surface area contributed by atoms with Crippen molar-refractivity contribution in [1.29, 1.82) is 0 Å². The second-order valence-electron chi connectivity index (χ2n) is 3.84. The smallest absolute Gasteiger partial charge is 0.00112 e. The van der Waals surface area contributed by atoms with Crippen LogP contribution in [-0.2, 0) is 0 Å². The highest BCUT2D eigenvalue weighted by Gasteiger charge is 2.08. The topological polar surface area (TPSA) is 12.0 Å². The third kappa shape index (κ3) is 2.05. The van der Waals surface area contributed by atoms with E-state index in [9.17, 15) is 0 Å². The average Bonchev–Trinajstić information content (AvgIpc) is 2.30. The molecule has 74 valence electrons. The van der Waals surface area contributed by atoms with E-state index in [1.165, 1.54) is 24.0 Å². The van der Waals surface area contributed by atoms with Crippen molar-refractivity contribution in [2.24, 2.45) is 0 Å². The van der Waals surface area contributed by atoms with E-state index in [4.69, 9.17) is 0 Å². The van der Waals surface area contributed by atoms with Gasteiger partial charge >= 0.3 is 0 Å². The highest BCUT2D eigenvalue weighted by molar-refractivity contribution is 5.67. The zero-order chi connectivity index (χ0) is 9.80. The fourth-order valence-corrected chi connectivity index (χ4v) is 2.00. The van der Waals surface area contributed by atoms with Gasteiger partial charge < -0.3 is 5.32 Å². The lowest BCUT2D eigenvalue weighted by Crippen LogP contribution is -2.23. The van der Waals surface area contributed by atoms with Gasteiger partial charge in [-0.15, -0.1) is 0 Å². The van der Waals surface area contributed by atoms with Crippen LogP contribution in [0, 0.1) is 0 Å². The first kappa shape index (κ1) is 9.47. The number of benzene rings is 1. The first-order chi connectivity index (χ1) is 6.88. The molecule has 0 amide bonds. The first-order valence-corrected chi connectivity index (χ1v) is 5.32. The van der Waals surface area contributed by atoms with Gasteiger partial charge in [0.25, 0.3) is 0 Å². The fourth-order valence-electron chi connectivity index (χ4n) is 2.00. The van der Waals surface area contributed by atoms with Crippen LogP contribution in [-0.4, -0.2) is 13.1 Å². The standard InChI is InChI=1S/C13H17N/c1-11(12-5-3-2-4-6-12)13-7-9-14-10-8-13/h2-6,14H,7-10H2,1H3. The second-order valence-corrected chi connectivity index (χ2v) is 3.84. The maximum Gasteiger partial charge on any atom is -0.00112 e. The van der Waals surface area contributed by atoms with E-state index in [1.807, 2.05) is 0 Å². The van der Waals surface area contributed by atoms with Gasteiger partial charge in [-0.2, -0.15) is 0 Å². The van der Waals surface area contributed by atoms with Crippen molar-refractivity contribution in [2.45, 2.75) is 19.8 Å². The monoisotopic (exact) mass is 187 g/mol. The molecule has 0 saturated carbocycles. The molecule has 0 spiro atoms. The fraction of sp³-hybridized carbons (Fsp3) is 0.385. The number of hydrogen-bond donors (Lipinski definition) is 1. The normalized spacial score (nSPS) is 16.8. The SMILES string of the molecule is CC(=C1CCNCC1)c1ccccc1. The van der Waals surface area contributed by atoms with Gasteiger partial charge in [0.05, 0.1) is 0 Å². The Morgan fingerprint density at radius 3 is 2.36 bits per heavy atom. The average molecular weight is 187 g/mol. The van der Waals surface area contributed by atoms with E-state index in [2.05, 4.69) is 42.6 Å². The third-order valence-electron chi connectivity index (χ3n) is 2.94. The van der Waals surface area contributed by atoms with E-state index in [-0.39, 0.29) is 0 Å². The van der Waals surface area contributed by atoms with Crippen molar-refractivity contribution < 1.29 is 0 Å². The molecule has 0 radical (unpaired) electrons. The second kappa shape index (κ2) is 4.43. The van der Waals surface area contributed by atoms with Gasteiger partial charge in [0, 0.05) is 0 Å². The molecule has 0 aliphatic carbocycles. The zero-order valence-corrected chi connectivity index (χ0v) is 8.72. The molecule has 1 aliphatic rings. The molecule has 1 heteroatoms. The summed E-state index contributed by atoms with van der Waals surface area (Å²) >= 11 is 0. The van der Waals surface area contributed by atoms with Crippen LogP contribution in [0.15, 0.2) is 35.9 Å². The van der Waals surface area contributed by atoms with Gasteiger partial charge in [-0.25, -0.2) is 0 Å². The Morgan fingerprint density at radius 2 is 1.71 bits per heavy atom. The summed E-state index contributed by atoms with van der Waals surface area (Å²) in [5.41, 5.74) is 4.48. The molecule has 14 heavy (non-hydrogen) atoms. The number of hydrogen-bond acceptors (Lipinski definition) is 1. The molecule has 1 N–H and O–H groups in total. The van der Waals surface area contributed by atoms with E-state index in [0.717, 1.165) is 13.1 Å². The van der Waals surface area contributed by atoms with E-state index in [0.29, 0.717) is 0 Å². The van der Waals surface area contributed by atoms with Gasteiger partial charge in [-0.3, -0.25) is 0 Å². The Kier molecular flexibility index (Phi) is 3.00. The largest absolute Gasteiger partial charge is 0.316 e. The minimum Gasteiger partial charge on any atom is -0.316 e. The maximum absolute atomic E-state index is 3.39. The van der Waals surface area contributed by atoms with Crippen LogP contribution < -0.4 is 5.32 Å². The van der Waals surface area contributed by atoms with Gasteiger partial charge in [0.15, 0.2) is 0 Å². The molecule has 0 atom stereocenters. The Hall–Kier alpha value is -1.08. The summed E-state index contributed by atoms with van der Waals surface area (Å²) in [6, 6.07) is 10.7. The zero-order valence-electron chi connectivity index (χ0n) is 8.72. The molecule has 1 nitrogen and oxygen atoms in total. The molecule has 0 aromatic heterocycles. The molecular formula is C13H17N. The van der Waals surface area contributed by atoms with E-state index < -0.39 is 0 Å². The van der Waals surface area contributed by atoms with Crippen molar-refractivity contribution in [1.82, 2.24) is 5.32 Å². The first-order valence-electron chi connectivity index (χ1n) is 5.32. The van der Waals surface area contributed by atoms with Crippen LogP contribution in [0.3, 0.4) is 0 Å². The highest BCUT2D eigenvalue weighted by Crippen LogP contribution is 2.23. The van der Waals surface area contributed by atoms with Crippen LogP contribution in [0.4, 0.5) is 0 Å². The number of piperidine rings is 1. The van der Waals surface area contributed by atoms with Crippen LogP contribution >= 0.6 is 0 Å². The molecule has 1 fully saturated rings.